The fourth-order valence-electron chi connectivity index (χ4n) is 0.819. The molecule has 0 heterocycles. The monoisotopic (exact) mass is 229 g/mol. The average molecular weight is 230 g/mol. The molecule has 62 valence electrons. The van der Waals surface area contributed by atoms with Crippen molar-refractivity contribution in [2.75, 3.05) is 7.11 Å². The molecule has 0 radical (unpaired) electrons. The fourth-order valence-corrected chi connectivity index (χ4v) is 1.23. The van der Waals surface area contributed by atoms with E-state index in [1.807, 2.05) is 0 Å². The molecule has 0 saturated carbocycles. The molecule has 12 heavy (non-hydrogen) atoms. The van der Waals surface area contributed by atoms with Crippen LogP contribution < -0.4 is 4.74 Å². The molecular weight excluding hydrogens is 225 g/mol. The van der Waals surface area contributed by atoms with Gasteiger partial charge in [-0.1, -0.05) is 15.9 Å². The lowest BCUT2D eigenvalue weighted by molar-refractivity contribution is 0.409. The Morgan fingerprint density at radius 2 is 2.25 bits per heavy atom. The van der Waals surface area contributed by atoms with Crippen LogP contribution in [0.4, 0.5) is 4.39 Å². The van der Waals surface area contributed by atoms with E-state index in [1.165, 1.54) is 13.2 Å². The molecule has 0 atom stereocenters. The van der Waals surface area contributed by atoms with Crippen molar-refractivity contribution < 1.29 is 9.13 Å². The Morgan fingerprint density at radius 3 is 2.75 bits per heavy atom. The van der Waals surface area contributed by atoms with Crippen molar-refractivity contribution in [3.8, 4) is 11.8 Å². The molecule has 0 N–H and O–H groups in total. The largest absolute Gasteiger partial charge is 0.495 e. The van der Waals surface area contributed by atoms with Gasteiger partial charge in [0, 0.05) is 4.47 Å². The Bertz CT molecular complexity index is 346. The van der Waals surface area contributed by atoms with Gasteiger partial charge in [0.1, 0.15) is 23.2 Å². The molecule has 0 bridgehead atoms. The van der Waals surface area contributed by atoms with Crippen molar-refractivity contribution >= 4 is 15.9 Å². The molecule has 0 aliphatic heterocycles. The molecule has 2 nitrogen and oxygen atoms in total. The summed E-state index contributed by atoms with van der Waals surface area (Å²) in [4.78, 5) is 0. The molecule has 0 fully saturated rings. The smallest absolute Gasteiger partial charge is 0.145 e. The van der Waals surface area contributed by atoms with E-state index in [4.69, 9.17) is 10.00 Å². The van der Waals surface area contributed by atoms with Crippen molar-refractivity contribution in [2.24, 2.45) is 0 Å². The van der Waals surface area contributed by atoms with Crippen LogP contribution in [0.2, 0.25) is 0 Å². The van der Waals surface area contributed by atoms with Gasteiger partial charge in [-0.15, -0.1) is 0 Å². The Balaban J connectivity index is 3.36. The summed E-state index contributed by atoms with van der Waals surface area (Å²) in [5.41, 5.74) is -0.0688. The molecule has 0 amide bonds. The summed E-state index contributed by atoms with van der Waals surface area (Å²) >= 11 is 3.09. The van der Waals surface area contributed by atoms with Crippen LogP contribution in [-0.4, -0.2) is 7.11 Å². The normalized spacial score (nSPS) is 9.17. The van der Waals surface area contributed by atoms with Crippen LogP contribution in [0.25, 0.3) is 0 Å². The van der Waals surface area contributed by atoms with E-state index >= 15 is 0 Å². The van der Waals surface area contributed by atoms with E-state index in [1.54, 1.807) is 12.1 Å². The van der Waals surface area contributed by atoms with Gasteiger partial charge in [-0.3, -0.25) is 0 Å². The third-order valence-corrected chi connectivity index (χ3v) is 1.81. The SMILES string of the molecule is COc1cc(Br)cc(F)c1C#N. The van der Waals surface area contributed by atoms with Gasteiger partial charge in [0.15, 0.2) is 0 Å². The predicted octanol–water partition coefficient (Wildman–Crippen LogP) is 2.47. The van der Waals surface area contributed by atoms with E-state index < -0.39 is 5.82 Å². The lowest BCUT2D eigenvalue weighted by atomic mass is 10.2. The first kappa shape index (κ1) is 9.01. The maximum atomic E-state index is 13.0. The fraction of sp³-hybridized carbons (Fsp3) is 0.125. The van der Waals surface area contributed by atoms with Crippen molar-refractivity contribution in [3.05, 3.63) is 28.0 Å². The Kier molecular flexibility index (Phi) is 2.66. The number of nitrogens with zero attached hydrogens (tertiary/aromatic N) is 1. The second-order valence-electron chi connectivity index (χ2n) is 2.08. The number of nitriles is 1. The molecule has 0 saturated heterocycles. The molecule has 0 aliphatic rings. The highest BCUT2D eigenvalue weighted by molar-refractivity contribution is 9.10. The van der Waals surface area contributed by atoms with Crippen molar-refractivity contribution in [2.45, 2.75) is 0 Å². The van der Waals surface area contributed by atoms with Crippen LogP contribution in [0.5, 0.6) is 5.75 Å². The van der Waals surface area contributed by atoms with E-state index in [2.05, 4.69) is 15.9 Å². The molecule has 1 rings (SSSR count). The number of rotatable bonds is 1. The first-order valence-corrected chi connectivity index (χ1v) is 3.91. The minimum absolute atomic E-state index is 0.0688. The molecule has 0 aromatic heterocycles. The highest BCUT2D eigenvalue weighted by Gasteiger charge is 2.09. The van der Waals surface area contributed by atoms with Crippen LogP contribution >= 0.6 is 15.9 Å². The standard InChI is InChI=1S/C8H5BrFNO/c1-12-8-3-5(9)2-7(10)6(8)4-11/h2-3H,1H3. The summed E-state index contributed by atoms with van der Waals surface area (Å²) in [5, 5.41) is 8.54. The van der Waals surface area contributed by atoms with Crippen LogP contribution in [0.3, 0.4) is 0 Å². The van der Waals surface area contributed by atoms with Crippen LogP contribution in [0, 0.1) is 17.1 Å². The number of hydrogen-bond acceptors (Lipinski definition) is 2. The Labute approximate surface area is 77.7 Å². The quantitative estimate of drug-likeness (QED) is 0.742. The zero-order valence-electron chi connectivity index (χ0n) is 6.27. The number of halogens is 2. The summed E-state index contributed by atoms with van der Waals surface area (Å²) in [6, 6.07) is 4.49. The number of benzene rings is 1. The molecule has 0 spiro atoms. The molecule has 0 unspecified atom stereocenters. The van der Waals surface area contributed by atoms with Crippen molar-refractivity contribution in [1.82, 2.24) is 0 Å². The highest BCUT2D eigenvalue weighted by atomic mass is 79.9. The minimum Gasteiger partial charge on any atom is -0.495 e. The first-order valence-electron chi connectivity index (χ1n) is 3.12. The van der Waals surface area contributed by atoms with E-state index in [-0.39, 0.29) is 11.3 Å². The van der Waals surface area contributed by atoms with Gasteiger partial charge >= 0.3 is 0 Å². The first-order chi connectivity index (χ1) is 5.69. The van der Waals surface area contributed by atoms with Gasteiger partial charge < -0.3 is 4.74 Å². The molecule has 1 aromatic carbocycles. The van der Waals surface area contributed by atoms with Crippen molar-refractivity contribution in [1.29, 1.82) is 5.26 Å². The highest BCUT2D eigenvalue weighted by Crippen LogP contribution is 2.25. The summed E-state index contributed by atoms with van der Waals surface area (Å²) in [6.45, 7) is 0. The summed E-state index contributed by atoms with van der Waals surface area (Å²) in [7, 11) is 1.39. The van der Waals surface area contributed by atoms with Crippen LogP contribution in [-0.2, 0) is 0 Å². The molecular formula is C8H5BrFNO. The second kappa shape index (κ2) is 3.55. The van der Waals surface area contributed by atoms with Crippen molar-refractivity contribution in [3.63, 3.8) is 0 Å². The van der Waals surface area contributed by atoms with Gasteiger partial charge in [0.25, 0.3) is 0 Å². The van der Waals surface area contributed by atoms with Gasteiger partial charge in [-0.2, -0.15) is 5.26 Å². The second-order valence-corrected chi connectivity index (χ2v) is 2.99. The summed E-state index contributed by atoms with van der Waals surface area (Å²) in [6.07, 6.45) is 0. The number of ether oxygens (including phenoxy) is 1. The average Bonchev–Trinajstić information content (AvgIpc) is 2.03. The van der Waals surface area contributed by atoms with Gasteiger partial charge in [-0.25, -0.2) is 4.39 Å². The third kappa shape index (κ3) is 1.56. The van der Waals surface area contributed by atoms with E-state index in [9.17, 15) is 4.39 Å². The van der Waals surface area contributed by atoms with E-state index in [0.29, 0.717) is 4.47 Å². The lowest BCUT2D eigenvalue weighted by Crippen LogP contribution is -1.91. The number of methoxy groups -OCH3 is 1. The summed E-state index contributed by atoms with van der Waals surface area (Å²) in [5.74, 6) is -0.340. The maximum absolute atomic E-state index is 13.0. The van der Waals surface area contributed by atoms with Crippen LogP contribution in [0.15, 0.2) is 16.6 Å². The van der Waals surface area contributed by atoms with Gasteiger partial charge in [0.2, 0.25) is 0 Å². The molecule has 1 aromatic rings. The third-order valence-electron chi connectivity index (χ3n) is 1.35. The molecule has 0 aliphatic carbocycles. The maximum Gasteiger partial charge on any atom is 0.145 e. The minimum atomic E-state index is -0.580. The molecule has 4 heteroatoms. The number of hydrogen-bond donors (Lipinski definition) is 0. The lowest BCUT2D eigenvalue weighted by Gasteiger charge is -2.03. The van der Waals surface area contributed by atoms with Gasteiger partial charge in [0.05, 0.1) is 7.11 Å². The zero-order chi connectivity index (χ0) is 9.14. The Morgan fingerprint density at radius 1 is 1.58 bits per heavy atom. The Hall–Kier alpha value is -1.08. The predicted molar refractivity (Wildman–Crippen MR) is 45.4 cm³/mol. The van der Waals surface area contributed by atoms with Crippen LogP contribution in [0.1, 0.15) is 5.56 Å². The van der Waals surface area contributed by atoms with Gasteiger partial charge in [-0.05, 0) is 12.1 Å². The van der Waals surface area contributed by atoms with E-state index in [0.717, 1.165) is 0 Å². The summed E-state index contributed by atoms with van der Waals surface area (Å²) < 4.78 is 18.3. The topological polar surface area (TPSA) is 33.0 Å². The zero-order valence-corrected chi connectivity index (χ0v) is 7.85.